The minimum absolute atomic E-state index is 0.00520. The van der Waals surface area contributed by atoms with Crippen molar-refractivity contribution in [3.8, 4) is 0 Å². The van der Waals surface area contributed by atoms with E-state index in [-0.39, 0.29) is 5.91 Å². The molecule has 17 heavy (non-hydrogen) atoms. The van der Waals surface area contributed by atoms with Gasteiger partial charge in [-0.2, -0.15) is 0 Å². The highest BCUT2D eigenvalue weighted by molar-refractivity contribution is 7.15. The van der Waals surface area contributed by atoms with Gasteiger partial charge in [0.1, 0.15) is 0 Å². The maximum Gasteiger partial charge on any atom is 0.225 e. The molecule has 1 aromatic carbocycles. The van der Waals surface area contributed by atoms with Crippen LogP contribution in [0.5, 0.6) is 0 Å². The number of benzene rings is 1. The van der Waals surface area contributed by atoms with Crippen molar-refractivity contribution in [2.45, 2.75) is 13.3 Å². The Morgan fingerprint density at radius 2 is 2.06 bits per heavy atom. The lowest BCUT2D eigenvalue weighted by molar-refractivity contribution is -0.116. The fourth-order valence-corrected chi connectivity index (χ4v) is 2.42. The Morgan fingerprint density at radius 3 is 2.71 bits per heavy atom. The molecule has 2 aromatic rings. The molecule has 3 nitrogen and oxygen atoms in total. The third-order valence-electron chi connectivity index (χ3n) is 2.52. The summed E-state index contributed by atoms with van der Waals surface area (Å²) < 4.78 is 0. The van der Waals surface area contributed by atoms with E-state index in [2.05, 4.69) is 17.1 Å². The molecule has 0 aliphatic carbocycles. The van der Waals surface area contributed by atoms with Crippen molar-refractivity contribution in [2.24, 2.45) is 0 Å². The van der Waals surface area contributed by atoms with E-state index < -0.39 is 0 Å². The summed E-state index contributed by atoms with van der Waals surface area (Å²) in [5, 5.41) is 0.753. The molecule has 0 radical (unpaired) electrons. The molecule has 4 heteroatoms. The van der Waals surface area contributed by atoms with Gasteiger partial charge in [-0.25, -0.2) is 4.98 Å². The van der Waals surface area contributed by atoms with E-state index in [0.717, 1.165) is 11.6 Å². The number of amides is 1. The number of hydrogen-bond acceptors (Lipinski definition) is 3. The number of thiazole rings is 1. The Kier molecular flexibility index (Phi) is 3.54. The van der Waals surface area contributed by atoms with Crippen molar-refractivity contribution in [1.82, 2.24) is 4.98 Å². The zero-order valence-electron chi connectivity index (χ0n) is 9.88. The predicted octanol–water partition coefficient (Wildman–Crippen LogP) is 2.72. The van der Waals surface area contributed by atoms with Crippen molar-refractivity contribution in [1.29, 1.82) is 0 Å². The van der Waals surface area contributed by atoms with Crippen LogP contribution in [0.4, 0.5) is 5.13 Å². The summed E-state index contributed by atoms with van der Waals surface area (Å²) in [5.41, 5.74) is 1.26. The summed E-state index contributed by atoms with van der Waals surface area (Å²) in [7, 11) is 1.74. The molecule has 0 unspecified atom stereocenters. The normalized spacial score (nSPS) is 10.2. The second kappa shape index (κ2) is 5.10. The van der Waals surface area contributed by atoms with Crippen molar-refractivity contribution < 1.29 is 4.79 Å². The Bertz CT molecular complexity index is 507. The van der Waals surface area contributed by atoms with Crippen LogP contribution in [0.15, 0.2) is 36.5 Å². The van der Waals surface area contributed by atoms with E-state index >= 15 is 0 Å². The Balaban J connectivity index is 2.11. The van der Waals surface area contributed by atoms with E-state index in [1.54, 1.807) is 23.3 Å². The number of carbonyl (C=O) groups excluding carboxylic acids is 1. The van der Waals surface area contributed by atoms with E-state index in [4.69, 9.17) is 0 Å². The standard InChI is InChI=1S/C13H14N2OS/c1-10(16)15(2)13-14-9-12(17-13)8-11-6-4-3-5-7-11/h3-7,9H,8H2,1-2H3. The SMILES string of the molecule is CC(=O)N(C)c1ncc(Cc2ccccc2)s1. The smallest absolute Gasteiger partial charge is 0.225 e. The third kappa shape index (κ3) is 2.91. The van der Waals surface area contributed by atoms with E-state index in [9.17, 15) is 4.79 Å². The zero-order valence-corrected chi connectivity index (χ0v) is 10.7. The summed E-state index contributed by atoms with van der Waals surface area (Å²) in [6.45, 7) is 1.54. The van der Waals surface area contributed by atoms with Crippen molar-refractivity contribution in [3.63, 3.8) is 0 Å². The largest absolute Gasteiger partial charge is 0.292 e. The van der Waals surface area contributed by atoms with Crippen LogP contribution in [0.25, 0.3) is 0 Å². The summed E-state index contributed by atoms with van der Waals surface area (Å²) in [4.78, 5) is 18.2. The first-order valence-corrected chi connectivity index (χ1v) is 6.21. The van der Waals surface area contributed by atoms with Gasteiger partial charge in [0.15, 0.2) is 5.13 Å². The molecule has 0 bridgehead atoms. The molecule has 1 aromatic heterocycles. The van der Waals surface area contributed by atoms with Crippen LogP contribution >= 0.6 is 11.3 Å². The van der Waals surface area contributed by atoms with Gasteiger partial charge in [0, 0.05) is 31.5 Å². The molecule has 0 saturated carbocycles. The van der Waals surface area contributed by atoms with Crippen LogP contribution in [-0.4, -0.2) is 17.9 Å². The van der Waals surface area contributed by atoms with Crippen LogP contribution < -0.4 is 4.90 Å². The van der Waals surface area contributed by atoms with Gasteiger partial charge in [0.25, 0.3) is 0 Å². The highest BCUT2D eigenvalue weighted by Gasteiger charge is 2.10. The van der Waals surface area contributed by atoms with E-state index in [1.807, 2.05) is 24.4 Å². The summed E-state index contributed by atoms with van der Waals surface area (Å²) in [6, 6.07) is 10.2. The second-order valence-electron chi connectivity index (χ2n) is 3.85. The van der Waals surface area contributed by atoms with Crippen molar-refractivity contribution in [2.75, 3.05) is 11.9 Å². The van der Waals surface area contributed by atoms with Crippen LogP contribution in [0.2, 0.25) is 0 Å². The first-order valence-electron chi connectivity index (χ1n) is 5.40. The predicted molar refractivity (Wildman–Crippen MR) is 70.4 cm³/mol. The van der Waals surface area contributed by atoms with Crippen LogP contribution in [0, 0.1) is 0 Å². The average molecular weight is 246 g/mol. The molecule has 2 rings (SSSR count). The number of carbonyl (C=O) groups is 1. The van der Waals surface area contributed by atoms with Gasteiger partial charge in [-0.05, 0) is 5.56 Å². The maximum atomic E-state index is 11.2. The highest BCUT2D eigenvalue weighted by atomic mass is 32.1. The highest BCUT2D eigenvalue weighted by Crippen LogP contribution is 2.23. The Hall–Kier alpha value is -1.68. The molecule has 88 valence electrons. The molecule has 0 fully saturated rings. The summed E-state index contributed by atoms with van der Waals surface area (Å²) >= 11 is 1.56. The molecule has 0 aliphatic heterocycles. The Morgan fingerprint density at radius 1 is 1.35 bits per heavy atom. The first-order chi connectivity index (χ1) is 8.16. The molecule has 0 saturated heterocycles. The molecule has 1 heterocycles. The number of rotatable bonds is 3. The molecule has 0 atom stereocenters. The molecule has 0 aliphatic rings. The first kappa shape index (κ1) is 11.8. The molecule has 0 spiro atoms. The second-order valence-corrected chi connectivity index (χ2v) is 4.94. The third-order valence-corrected chi connectivity index (χ3v) is 3.60. The zero-order chi connectivity index (χ0) is 12.3. The van der Waals surface area contributed by atoms with Crippen molar-refractivity contribution >= 4 is 22.4 Å². The lowest BCUT2D eigenvalue weighted by Gasteiger charge is -2.09. The minimum atomic E-state index is 0.00520. The minimum Gasteiger partial charge on any atom is -0.292 e. The number of anilines is 1. The monoisotopic (exact) mass is 246 g/mol. The average Bonchev–Trinajstić information content (AvgIpc) is 2.77. The molecule has 0 N–H and O–H groups in total. The van der Waals surface area contributed by atoms with Crippen molar-refractivity contribution in [3.05, 3.63) is 47.0 Å². The van der Waals surface area contributed by atoms with E-state index in [1.165, 1.54) is 17.4 Å². The maximum absolute atomic E-state index is 11.2. The van der Waals surface area contributed by atoms with Crippen LogP contribution in [0.1, 0.15) is 17.4 Å². The van der Waals surface area contributed by atoms with Gasteiger partial charge in [0.05, 0.1) is 0 Å². The summed E-state index contributed by atoms with van der Waals surface area (Å²) in [5.74, 6) is 0.00520. The van der Waals surface area contributed by atoms with Gasteiger partial charge in [-0.3, -0.25) is 9.69 Å². The Labute approximate surface area is 105 Å². The number of nitrogens with zero attached hydrogens (tertiary/aromatic N) is 2. The quantitative estimate of drug-likeness (QED) is 0.834. The lowest BCUT2D eigenvalue weighted by Crippen LogP contribution is -2.22. The van der Waals surface area contributed by atoms with E-state index in [0.29, 0.717) is 0 Å². The number of hydrogen-bond donors (Lipinski definition) is 0. The van der Waals surface area contributed by atoms with Gasteiger partial charge in [0.2, 0.25) is 5.91 Å². The lowest BCUT2D eigenvalue weighted by atomic mass is 10.1. The number of aromatic nitrogens is 1. The fraction of sp³-hybridized carbons (Fsp3) is 0.231. The van der Waals surface area contributed by atoms with Gasteiger partial charge >= 0.3 is 0 Å². The topological polar surface area (TPSA) is 33.2 Å². The van der Waals surface area contributed by atoms with Gasteiger partial charge in [-0.15, -0.1) is 11.3 Å². The molecular formula is C13H14N2OS. The summed E-state index contributed by atoms with van der Waals surface area (Å²) in [6.07, 6.45) is 2.71. The van der Waals surface area contributed by atoms with Crippen LogP contribution in [0.3, 0.4) is 0 Å². The van der Waals surface area contributed by atoms with Gasteiger partial charge in [-0.1, -0.05) is 30.3 Å². The molecular weight excluding hydrogens is 232 g/mol. The van der Waals surface area contributed by atoms with Gasteiger partial charge < -0.3 is 0 Å². The fourth-order valence-electron chi connectivity index (χ4n) is 1.47. The molecule has 1 amide bonds. The van der Waals surface area contributed by atoms with Crippen LogP contribution in [-0.2, 0) is 11.2 Å².